The molecule has 5 heteroatoms. The Morgan fingerprint density at radius 2 is 1.79 bits per heavy atom. The topological polar surface area (TPSA) is 55.8 Å². The van der Waals surface area contributed by atoms with Gasteiger partial charge in [0.2, 0.25) is 0 Å². The van der Waals surface area contributed by atoms with Gasteiger partial charge in [-0.05, 0) is 26.3 Å². The van der Waals surface area contributed by atoms with E-state index in [1.54, 1.807) is 4.90 Å². The zero-order valence-corrected chi connectivity index (χ0v) is 15.0. The van der Waals surface area contributed by atoms with Gasteiger partial charge >= 0.3 is 6.09 Å². The second kappa shape index (κ2) is 9.23. The zero-order chi connectivity index (χ0) is 18.2. The summed E-state index contributed by atoms with van der Waals surface area (Å²) < 4.78 is 10.4. The lowest BCUT2D eigenvalue weighted by molar-refractivity contribution is -0.116. The average molecular weight is 333 g/mol. The van der Waals surface area contributed by atoms with Crippen LogP contribution in [-0.2, 0) is 20.8 Å². The lowest BCUT2D eigenvalue weighted by Gasteiger charge is -2.27. The highest BCUT2D eigenvalue weighted by atomic mass is 16.6. The molecule has 24 heavy (non-hydrogen) atoms. The maximum absolute atomic E-state index is 12.4. The predicted molar refractivity (Wildman–Crippen MR) is 93.7 cm³/mol. The Morgan fingerprint density at radius 1 is 1.17 bits per heavy atom. The highest BCUT2D eigenvalue weighted by Gasteiger charge is 2.23. The van der Waals surface area contributed by atoms with Gasteiger partial charge in [0, 0.05) is 32.2 Å². The van der Waals surface area contributed by atoms with Crippen molar-refractivity contribution in [3.05, 3.63) is 48.0 Å². The van der Waals surface area contributed by atoms with Gasteiger partial charge in [-0.3, -0.25) is 4.79 Å². The molecule has 0 aliphatic rings. The molecule has 0 atom stereocenters. The Morgan fingerprint density at radius 3 is 2.33 bits per heavy atom. The van der Waals surface area contributed by atoms with E-state index in [0.717, 1.165) is 5.56 Å². The molecule has 0 bridgehead atoms. The van der Waals surface area contributed by atoms with E-state index in [9.17, 15) is 9.59 Å². The van der Waals surface area contributed by atoms with Gasteiger partial charge in [0.15, 0.2) is 5.78 Å². The minimum Gasteiger partial charge on any atom is -0.444 e. The number of nitrogens with zero attached hydrogens (tertiary/aromatic N) is 1. The molecule has 0 spiro atoms. The van der Waals surface area contributed by atoms with Gasteiger partial charge in [0.25, 0.3) is 0 Å². The highest BCUT2D eigenvalue weighted by Crippen LogP contribution is 2.14. The standard InChI is InChI=1S/C19H27NO4/c1-15(14-23-5)17(21)11-12-20(18(22)24-19(2,3)4)13-16-9-7-6-8-10-16/h6-10H,1,11-14H2,2-5H3. The van der Waals surface area contributed by atoms with Crippen LogP contribution in [0.3, 0.4) is 0 Å². The number of benzene rings is 1. The predicted octanol–water partition coefficient (Wildman–Crippen LogP) is 3.59. The van der Waals surface area contributed by atoms with E-state index < -0.39 is 11.7 Å². The zero-order valence-electron chi connectivity index (χ0n) is 15.0. The first-order valence-electron chi connectivity index (χ1n) is 7.94. The Bertz CT molecular complexity index is 560. The number of Topliss-reactive ketones (excluding diaryl/α,β-unsaturated/α-hetero) is 1. The van der Waals surface area contributed by atoms with Crippen LogP contribution in [0.15, 0.2) is 42.5 Å². The third-order valence-corrected chi connectivity index (χ3v) is 3.19. The minimum atomic E-state index is -0.588. The van der Waals surface area contributed by atoms with E-state index in [-0.39, 0.29) is 25.4 Å². The van der Waals surface area contributed by atoms with Crippen molar-refractivity contribution in [1.29, 1.82) is 0 Å². The maximum atomic E-state index is 12.4. The van der Waals surface area contributed by atoms with Crippen molar-refractivity contribution in [2.45, 2.75) is 39.3 Å². The van der Waals surface area contributed by atoms with Crippen LogP contribution < -0.4 is 0 Å². The Hall–Kier alpha value is -2.14. The summed E-state index contributed by atoms with van der Waals surface area (Å²) in [5.74, 6) is -0.113. The highest BCUT2D eigenvalue weighted by molar-refractivity contribution is 5.95. The third-order valence-electron chi connectivity index (χ3n) is 3.19. The lowest BCUT2D eigenvalue weighted by atomic mass is 10.1. The van der Waals surface area contributed by atoms with E-state index in [0.29, 0.717) is 12.1 Å². The Kier molecular flexibility index (Phi) is 7.65. The van der Waals surface area contributed by atoms with Crippen LogP contribution in [0.2, 0.25) is 0 Å². The van der Waals surface area contributed by atoms with Crippen molar-refractivity contribution in [3.8, 4) is 0 Å². The van der Waals surface area contributed by atoms with Crippen molar-refractivity contribution in [2.24, 2.45) is 0 Å². The Labute approximate surface area is 144 Å². The second-order valence-corrected chi connectivity index (χ2v) is 6.60. The number of ketones is 1. The first-order valence-corrected chi connectivity index (χ1v) is 7.94. The van der Waals surface area contributed by atoms with Crippen molar-refractivity contribution in [1.82, 2.24) is 4.90 Å². The first kappa shape index (κ1) is 19.9. The van der Waals surface area contributed by atoms with Crippen LogP contribution in [0.4, 0.5) is 4.79 Å². The molecule has 0 saturated heterocycles. The lowest BCUT2D eigenvalue weighted by Crippen LogP contribution is -2.37. The summed E-state index contributed by atoms with van der Waals surface area (Å²) in [7, 11) is 1.51. The van der Waals surface area contributed by atoms with Gasteiger partial charge < -0.3 is 14.4 Å². The quantitative estimate of drug-likeness (QED) is 0.682. The molecule has 1 amide bonds. The summed E-state index contributed by atoms with van der Waals surface area (Å²) in [6.45, 7) is 10.0. The fraction of sp³-hybridized carbons (Fsp3) is 0.474. The molecule has 0 fully saturated rings. The molecule has 1 rings (SSSR count). The number of amides is 1. The molecule has 0 heterocycles. The van der Waals surface area contributed by atoms with Gasteiger partial charge in [-0.15, -0.1) is 0 Å². The van der Waals surface area contributed by atoms with Crippen LogP contribution in [-0.4, -0.2) is 42.6 Å². The van der Waals surface area contributed by atoms with Crippen molar-refractivity contribution >= 4 is 11.9 Å². The molecule has 0 aliphatic heterocycles. The molecule has 5 nitrogen and oxygen atoms in total. The molecule has 1 aromatic carbocycles. The summed E-state index contributed by atoms with van der Waals surface area (Å²) in [4.78, 5) is 26.0. The van der Waals surface area contributed by atoms with E-state index in [2.05, 4.69) is 6.58 Å². The summed E-state index contributed by atoms with van der Waals surface area (Å²) in [6, 6.07) is 9.61. The number of hydrogen-bond donors (Lipinski definition) is 0. The van der Waals surface area contributed by atoms with Crippen LogP contribution in [0, 0.1) is 0 Å². The summed E-state index contributed by atoms with van der Waals surface area (Å²) in [5.41, 5.74) is 0.795. The number of methoxy groups -OCH3 is 1. The van der Waals surface area contributed by atoms with Gasteiger partial charge in [-0.25, -0.2) is 4.79 Å². The molecular weight excluding hydrogens is 306 g/mol. The minimum absolute atomic E-state index is 0.113. The smallest absolute Gasteiger partial charge is 0.410 e. The van der Waals surface area contributed by atoms with Crippen LogP contribution in [0.25, 0.3) is 0 Å². The van der Waals surface area contributed by atoms with Gasteiger partial charge in [0.1, 0.15) is 5.60 Å². The monoisotopic (exact) mass is 333 g/mol. The molecule has 0 saturated carbocycles. The SMILES string of the molecule is C=C(COC)C(=O)CCN(Cc1ccccc1)C(=O)OC(C)(C)C. The summed E-state index contributed by atoms with van der Waals surface area (Å²) in [5, 5.41) is 0. The van der Waals surface area contributed by atoms with Crippen molar-refractivity contribution < 1.29 is 19.1 Å². The normalized spacial score (nSPS) is 11.0. The van der Waals surface area contributed by atoms with Gasteiger partial charge in [-0.2, -0.15) is 0 Å². The van der Waals surface area contributed by atoms with Crippen LogP contribution in [0.1, 0.15) is 32.8 Å². The maximum Gasteiger partial charge on any atom is 0.410 e. The number of rotatable bonds is 8. The number of ether oxygens (including phenoxy) is 2. The Balaban J connectivity index is 2.75. The summed E-state index contributed by atoms with van der Waals surface area (Å²) in [6.07, 6.45) is -0.245. The average Bonchev–Trinajstić information content (AvgIpc) is 2.50. The van der Waals surface area contributed by atoms with E-state index in [1.807, 2.05) is 51.1 Å². The molecule has 1 aromatic rings. The fourth-order valence-electron chi connectivity index (χ4n) is 2.03. The molecule has 0 aliphatic carbocycles. The third kappa shape index (κ3) is 7.42. The second-order valence-electron chi connectivity index (χ2n) is 6.60. The number of hydrogen-bond acceptors (Lipinski definition) is 4. The molecule has 0 radical (unpaired) electrons. The van der Waals surface area contributed by atoms with E-state index >= 15 is 0 Å². The van der Waals surface area contributed by atoms with Crippen molar-refractivity contribution in [2.75, 3.05) is 20.3 Å². The number of carbonyl (C=O) groups is 2. The molecule has 0 N–H and O–H groups in total. The van der Waals surface area contributed by atoms with Crippen molar-refractivity contribution in [3.63, 3.8) is 0 Å². The molecule has 0 aromatic heterocycles. The van der Waals surface area contributed by atoms with Crippen LogP contribution >= 0.6 is 0 Å². The fourth-order valence-corrected chi connectivity index (χ4v) is 2.03. The largest absolute Gasteiger partial charge is 0.444 e. The molecular formula is C19H27NO4. The van der Waals surface area contributed by atoms with E-state index in [1.165, 1.54) is 7.11 Å². The molecule has 132 valence electrons. The van der Waals surface area contributed by atoms with Gasteiger partial charge in [-0.1, -0.05) is 36.9 Å². The summed E-state index contributed by atoms with van der Waals surface area (Å²) >= 11 is 0. The number of carbonyl (C=O) groups excluding carboxylic acids is 2. The van der Waals surface area contributed by atoms with Gasteiger partial charge in [0.05, 0.1) is 6.61 Å². The molecule has 0 unspecified atom stereocenters. The van der Waals surface area contributed by atoms with Crippen LogP contribution in [0.5, 0.6) is 0 Å². The first-order chi connectivity index (χ1) is 11.2. The van der Waals surface area contributed by atoms with E-state index in [4.69, 9.17) is 9.47 Å².